The van der Waals surface area contributed by atoms with Crippen molar-refractivity contribution in [2.24, 2.45) is 0 Å². The Hall–Kier alpha value is -3.13. The second-order valence-electron chi connectivity index (χ2n) is 6.13. The molecule has 0 bridgehead atoms. The van der Waals surface area contributed by atoms with Crippen LogP contribution in [0.3, 0.4) is 0 Å². The highest BCUT2D eigenvalue weighted by Crippen LogP contribution is 2.26. The Labute approximate surface area is 166 Å². The molecule has 142 valence electrons. The molecular formula is C20H19N5O2S. The van der Waals surface area contributed by atoms with E-state index in [1.54, 1.807) is 6.92 Å². The summed E-state index contributed by atoms with van der Waals surface area (Å²) in [5, 5.41) is 17.4. The number of benzene rings is 2. The van der Waals surface area contributed by atoms with Crippen molar-refractivity contribution in [2.45, 2.75) is 31.4 Å². The predicted molar refractivity (Wildman–Crippen MR) is 105 cm³/mol. The van der Waals surface area contributed by atoms with Crippen LogP contribution in [0, 0.1) is 13.8 Å². The maximum absolute atomic E-state index is 5.99. The first kappa shape index (κ1) is 18.2. The molecule has 0 saturated heterocycles. The summed E-state index contributed by atoms with van der Waals surface area (Å²) >= 11 is 1.49. The van der Waals surface area contributed by atoms with Crippen molar-refractivity contribution in [1.82, 2.24) is 25.0 Å². The molecule has 0 amide bonds. The lowest BCUT2D eigenvalue weighted by atomic mass is 10.2. The van der Waals surface area contributed by atoms with E-state index < -0.39 is 0 Å². The van der Waals surface area contributed by atoms with Crippen molar-refractivity contribution in [3.8, 4) is 11.4 Å². The van der Waals surface area contributed by atoms with Crippen molar-refractivity contribution in [1.29, 1.82) is 0 Å². The fraction of sp³-hybridized carbons (Fsp3) is 0.200. The standard InChI is InChI=1S/C20H19N5O2S/c1-14-8-6-7-11-17(14)26-12-18-22-24-20(25(18)16-9-4-3-5-10-16)28-13-19-23-21-15(2)27-19/h3-11H,12-13H2,1-2H3. The van der Waals surface area contributed by atoms with E-state index in [2.05, 4.69) is 20.4 Å². The van der Waals surface area contributed by atoms with E-state index in [1.807, 2.05) is 66.1 Å². The molecular weight excluding hydrogens is 374 g/mol. The molecule has 0 atom stereocenters. The first-order valence-electron chi connectivity index (χ1n) is 8.80. The Balaban J connectivity index is 1.59. The molecule has 4 rings (SSSR count). The molecule has 0 radical (unpaired) electrons. The molecule has 2 heterocycles. The topological polar surface area (TPSA) is 78.9 Å². The predicted octanol–water partition coefficient (Wildman–Crippen LogP) is 4.14. The summed E-state index contributed by atoms with van der Waals surface area (Å²) in [6, 6.07) is 17.9. The third kappa shape index (κ3) is 4.07. The molecule has 28 heavy (non-hydrogen) atoms. The van der Waals surface area contributed by atoms with Gasteiger partial charge in [0.25, 0.3) is 0 Å². The highest BCUT2D eigenvalue weighted by molar-refractivity contribution is 7.98. The minimum atomic E-state index is 0.312. The van der Waals surface area contributed by atoms with Crippen LogP contribution in [0.1, 0.15) is 23.2 Å². The lowest BCUT2D eigenvalue weighted by molar-refractivity contribution is 0.291. The molecule has 0 fully saturated rings. The van der Waals surface area contributed by atoms with E-state index in [4.69, 9.17) is 9.15 Å². The molecule has 0 unspecified atom stereocenters. The Morgan fingerprint density at radius 1 is 0.929 bits per heavy atom. The van der Waals surface area contributed by atoms with Crippen LogP contribution in [0.15, 0.2) is 64.2 Å². The van der Waals surface area contributed by atoms with Gasteiger partial charge in [-0.1, -0.05) is 48.2 Å². The van der Waals surface area contributed by atoms with Gasteiger partial charge in [0.15, 0.2) is 11.0 Å². The van der Waals surface area contributed by atoms with Crippen LogP contribution in [-0.4, -0.2) is 25.0 Å². The minimum absolute atomic E-state index is 0.312. The van der Waals surface area contributed by atoms with Crippen LogP contribution >= 0.6 is 11.8 Å². The van der Waals surface area contributed by atoms with Crippen molar-refractivity contribution in [3.63, 3.8) is 0 Å². The molecule has 0 saturated carbocycles. The smallest absolute Gasteiger partial charge is 0.226 e. The van der Waals surface area contributed by atoms with E-state index in [-0.39, 0.29) is 0 Å². The number of hydrogen-bond donors (Lipinski definition) is 0. The minimum Gasteiger partial charge on any atom is -0.485 e. The van der Waals surface area contributed by atoms with Crippen LogP contribution < -0.4 is 4.74 Å². The van der Waals surface area contributed by atoms with Crippen molar-refractivity contribution < 1.29 is 9.15 Å². The van der Waals surface area contributed by atoms with Gasteiger partial charge in [0.2, 0.25) is 11.8 Å². The number of para-hydroxylation sites is 2. The Morgan fingerprint density at radius 3 is 2.46 bits per heavy atom. The molecule has 0 aliphatic heterocycles. The second kappa shape index (κ2) is 8.26. The zero-order chi connectivity index (χ0) is 19.3. The Bertz CT molecular complexity index is 1060. The molecule has 2 aromatic heterocycles. The lowest BCUT2D eigenvalue weighted by Crippen LogP contribution is -2.07. The molecule has 4 aromatic rings. The number of rotatable bonds is 7. The maximum Gasteiger partial charge on any atom is 0.226 e. The van der Waals surface area contributed by atoms with Crippen LogP contribution in [0.25, 0.3) is 5.69 Å². The average Bonchev–Trinajstić information content (AvgIpc) is 3.32. The molecule has 2 aromatic carbocycles. The Morgan fingerprint density at radius 2 is 1.71 bits per heavy atom. The fourth-order valence-electron chi connectivity index (χ4n) is 2.71. The number of aromatic nitrogens is 5. The first-order valence-corrected chi connectivity index (χ1v) is 9.79. The number of hydrogen-bond acceptors (Lipinski definition) is 7. The van der Waals surface area contributed by atoms with Crippen molar-refractivity contribution in [2.75, 3.05) is 0 Å². The van der Waals surface area contributed by atoms with Crippen LogP contribution in [0.4, 0.5) is 0 Å². The first-order chi connectivity index (χ1) is 13.7. The van der Waals surface area contributed by atoms with Gasteiger partial charge in [-0.25, -0.2) is 0 Å². The van der Waals surface area contributed by atoms with Crippen molar-refractivity contribution >= 4 is 11.8 Å². The van der Waals surface area contributed by atoms with Crippen LogP contribution in [-0.2, 0) is 12.4 Å². The molecule has 7 nitrogen and oxygen atoms in total. The van der Waals surface area contributed by atoms with Crippen LogP contribution in [0.2, 0.25) is 0 Å². The molecule has 8 heteroatoms. The quantitative estimate of drug-likeness (QED) is 0.437. The summed E-state index contributed by atoms with van der Waals surface area (Å²) in [6.07, 6.45) is 0. The SMILES string of the molecule is Cc1nnc(CSc2nnc(COc3ccccc3C)n2-c2ccccc2)o1. The third-order valence-corrected chi connectivity index (χ3v) is 4.97. The van der Waals surface area contributed by atoms with E-state index >= 15 is 0 Å². The summed E-state index contributed by atoms with van der Waals surface area (Å²) in [4.78, 5) is 0. The van der Waals surface area contributed by atoms with Gasteiger partial charge in [-0.3, -0.25) is 4.57 Å². The molecule has 0 spiro atoms. The molecule has 0 N–H and O–H groups in total. The third-order valence-electron chi connectivity index (χ3n) is 4.06. The highest BCUT2D eigenvalue weighted by atomic mass is 32.2. The van der Waals surface area contributed by atoms with E-state index in [1.165, 1.54) is 11.8 Å². The van der Waals surface area contributed by atoms with Crippen LogP contribution in [0.5, 0.6) is 5.75 Å². The van der Waals surface area contributed by atoms with Gasteiger partial charge in [0, 0.05) is 12.6 Å². The molecule has 0 aliphatic carbocycles. The number of aryl methyl sites for hydroxylation is 2. The van der Waals surface area contributed by atoms with E-state index in [0.717, 1.165) is 28.0 Å². The summed E-state index contributed by atoms with van der Waals surface area (Å²) in [6.45, 7) is 4.10. The number of ether oxygens (including phenoxy) is 1. The normalized spacial score (nSPS) is 10.9. The lowest BCUT2D eigenvalue weighted by Gasteiger charge is -2.11. The second-order valence-corrected chi connectivity index (χ2v) is 7.07. The molecule has 0 aliphatic rings. The van der Waals surface area contributed by atoms with Gasteiger partial charge >= 0.3 is 0 Å². The summed E-state index contributed by atoms with van der Waals surface area (Å²) in [7, 11) is 0. The summed E-state index contributed by atoms with van der Waals surface area (Å²) in [5.74, 6) is 3.18. The van der Waals surface area contributed by atoms with E-state index in [0.29, 0.717) is 24.1 Å². The van der Waals surface area contributed by atoms with Gasteiger partial charge < -0.3 is 9.15 Å². The average molecular weight is 393 g/mol. The highest BCUT2D eigenvalue weighted by Gasteiger charge is 2.16. The van der Waals surface area contributed by atoms with Gasteiger partial charge in [-0.2, -0.15) is 0 Å². The van der Waals surface area contributed by atoms with Gasteiger partial charge in [-0.05, 0) is 30.7 Å². The van der Waals surface area contributed by atoms with Gasteiger partial charge in [0.05, 0.1) is 5.75 Å². The zero-order valence-electron chi connectivity index (χ0n) is 15.6. The monoisotopic (exact) mass is 393 g/mol. The van der Waals surface area contributed by atoms with Crippen molar-refractivity contribution in [3.05, 3.63) is 77.8 Å². The fourth-order valence-corrected chi connectivity index (χ4v) is 3.51. The summed E-state index contributed by atoms with van der Waals surface area (Å²) in [5.41, 5.74) is 2.05. The zero-order valence-corrected chi connectivity index (χ0v) is 16.4. The largest absolute Gasteiger partial charge is 0.485 e. The van der Waals surface area contributed by atoms with Gasteiger partial charge in [0.1, 0.15) is 12.4 Å². The summed E-state index contributed by atoms with van der Waals surface area (Å²) < 4.78 is 13.4. The van der Waals surface area contributed by atoms with Gasteiger partial charge in [-0.15, -0.1) is 20.4 Å². The maximum atomic E-state index is 5.99. The Kier molecular flexibility index (Phi) is 5.38. The van der Waals surface area contributed by atoms with E-state index in [9.17, 15) is 0 Å². The number of nitrogens with zero attached hydrogens (tertiary/aromatic N) is 5. The number of thioether (sulfide) groups is 1.